The van der Waals surface area contributed by atoms with Crippen molar-refractivity contribution >= 4 is 10.2 Å². The molecule has 0 unspecified atom stereocenters. The zero-order valence-electron chi connectivity index (χ0n) is 4.42. The number of hydrogen-bond acceptors (Lipinski definition) is 0. The van der Waals surface area contributed by atoms with Crippen LogP contribution in [0.1, 0.15) is 6.42 Å². The van der Waals surface area contributed by atoms with E-state index in [0.717, 1.165) is 0 Å². The van der Waals surface area contributed by atoms with Gasteiger partial charge >= 0.3 is 0 Å². The second-order valence-corrected chi connectivity index (χ2v) is 4.35. The van der Waals surface area contributed by atoms with Crippen LogP contribution in [0.4, 0.5) is 19.4 Å². The first kappa shape index (κ1) is 9.00. The fourth-order valence-corrected chi connectivity index (χ4v) is 0.818. The lowest BCUT2D eigenvalue weighted by Gasteiger charge is -2.39. The minimum Gasteiger partial charge on any atom is -0.0978 e. The number of hydrogen-bond donors (Lipinski definition) is 0. The van der Waals surface area contributed by atoms with E-state index < -0.39 is 22.4 Å². The van der Waals surface area contributed by atoms with Gasteiger partial charge in [-0.3, -0.25) is 0 Å². The molecule has 0 amide bonds. The Hall–Kier alpha value is -0.0000000000000000555. The fraction of sp³-hybridized carbons (Fsp3) is 0.667. The van der Waals surface area contributed by atoms with E-state index in [1.165, 1.54) is 0 Å². The van der Waals surface area contributed by atoms with Gasteiger partial charge in [-0.25, -0.2) is 0 Å². The Labute approximate surface area is 49.8 Å². The average Bonchev–Trinajstić information content (AvgIpc) is 1.22. The van der Waals surface area contributed by atoms with Crippen molar-refractivity contribution in [1.29, 1.82) is 0 Å². The molecular formula is C3H6F5S. The molecule has 0 saturated carbocycles. The van der Waals surface area contributed by atoms with Crippen LogP contribution in [0.2, 0.25) is 0 Å². The SMILES string of the molecule is [CH2]CCS(F)(F)(F)(F)F. The van der Waals surface area contributed by atoms with Crippen LogP contribution in [0.3, 0.4) is 0 Å². The van der Waals surface area contributed by atoms with Crippen molar-refractivity contribution in [2.45, 2.75) is 6.42 Å². The van der Waals surface area contributed by atoms with Crippen molar-refractivity contribution in [3.63, 3.8) is 0 Å². The molecule has 0 fully saturated rings. The maximum atomic E-state index is 11.2. The maximum Gasteiger partial charge on any atom is 0.285 e. The maximum absolute atomic E-state index is 11.2. The minimum absolute atomic E-state index is 0.807. The summed E-state index contributed by atoms with van der Waals surface area (Å²) in [5.41, 5.74) is 0. The summed E-state index contributed by atoms with van der Waals surface area (Å²) in [6, 6.07) is 0. The number of rotatable bonds is 2. The average molecular weight is 169 g/mol. The molecule has 0 aromatic carbocycles. The van der Waals surface area contributed by atoms with Crippen molar-refractivity contribution < 1.29 is 19.4 Å². The molecular weight excluding hydrogens is 163 g/mol. The Bertz CT molecular complexity index is 106. The summed E-state index contributed by atoms with van der Waals surface area (Å²) in [5, 5.41) is 0. The van der Waals surface area contributed by atoms with Gasteiger partial charge in [0.15, 0.2) is 0 Å². The molecule has 0 aliphatic heterocycles. The van der Waals surface area contributed by atoms with Gasteiger partial charge in [0, 0.05) is 0 Å². The molecule has 9 heavy (non-hydrogen) atoms. The van der Waals surface area contributed by atoms with Gasteiger partial charge in [-0.1, -0.05) is 26.4 Å². The molecule has 1 radical (unpaired) electrons. The van der Waals surface area contributed by atoms with Gasteiger partial charge in [-0.05, 0) is 6.42 Å². The summed E-state index contributed by atoms with van der Waals surface area (Å²) >= 11 is 0. The van der Waals surface area contributed by atoms with Crippen molar-refractivity contribution in [2.24, 2.45) is 0 Å². The Kier molecular flexibility index (Phi) is 1.36. The Morgan fingerprint density at radius 3 is 1.33 bits per heavy atom. The van der Waals surface area contributed by atoms with Crippen LogP contribution in [0.15, 0.2) is 0 Å². The summed E-state index contributed by atoms with van der Waals surface area (Å²) in [4.78, 5) is 0. The lowest BCUT2D eigenvalue weighted by molar-refractivity contribution is 0.364. The minimum atomic E-state index is -9.10. The smallest absolute Gasteiger partial charge is 0.0978 e. The highest BCUT2D eigenvalue weighted by molar-refractivity contribution is 8.45. The molecule has 0 N–H and O–H groups in total. The molecule has 0 rings (SSSR count). The van der Waals surface area contributed by atoms with E-state index in [1.54, 1.807) is 0 Å². The highest BCUT2D eigenvalue weighted by Gasteiger charge is 2.61. The lowest BCUT2D eigenvalue weighted by atomic mass is 10.6. The quantitative estimate of drug-likeness (QED) is 0.555. The summed E-state index contributed by atoms with van der Waals surface area (Å²) < 4.78 is 55.9. The van der Waals surface area contributed by atoms with Crippen LogP contribution in [-0.2, 0) is 0 Å². The summed E-state index contributed by atoms with van der Waals surface area (Å²) in [6.45, 7) is 2.69. The molecule has 59 valence electrons. The summed E-state index contributed by atoms with van der Waals surface area (Å²) in [7, 11) is -9.10. The van der Waals surface area contributed by atoms with Crippen LogP contribution in [0, 0.1) is 6.92 Å². The number of halogens is 5. The standard InChI is InChI=1S/C3H6F5S/c1-2-3-9(4,5,6,7)8/h1-3H2. The van der Waals surface area contributed by atoms with Gasteiger partial charge in [0.1, 0.15) is 0 Å². The Balaban J connectivity index is 4.34. The Morgan fingerprint density at radius 2 is 1.33 bits per heavy atom. The highest BCUT2D eigenvalue weighted by atomic mass is 32.5. The van der Waals surface area contributed by atoms with Gasteiger partial charge < -0.3 is 0 Å². The largest absolute Gasteiger partial charge is 0.285 e. The molecule has 0 atom stereocenters. The third-order valence-corrected chi connectivity index (χ3v) is 1.59. The zero-order chi connectivity index (χ0) is 7.82. The molecule has 0 nitrogen and oxygen atoms in total. The monoisotopic (exact) mass is 169 g/mol. The Morgan fingerprint density at radius 1 is 1.00 bits per heavy atom. The van der Waals surface area contributed by atoms with E-state index >= 15 is 0 Å². The first-order valence-corrected chi connectivity index (χ1v) is 4.18. The zero-order valence-corrected chi connectivity index (χ0v) is 5.24. The highest BCUT2D eigenvalue weighted by Crippen LogP contribution is 2.97. The van der Waals surface area contributed by atoms with Gasteiger partial charge in [-0.15, -0.1) is 0 Å². The van der Waals surface area contributed by atoms with E-state index in [9.17, 15) is 19.4 Å². The third-order valence-electron chi connectivity index (χ3n) is 0.530. The second-order valence-electron chi connectivity index (χ2n) is 1.69. The molecule has 0 heterocycles. The molecule has 0 bridgehead atoms. The van der Waals surface area contributed by atoms with Crippen LogP contribution in [-0.4, -0.2) is 5.75 Å². The lowest BCUT2D eigenvalue weighted by Crippen LogP contribution is -2.09. The molecule has 0 aromatic heterocycles. The fourth-order valence-electron chi connectivity index (χ4n) is 0.273. The first-order chi connectivity index (χ1) is 3.54. The van der Waals surface area contributed by atoms with Crippen molar-refractivity contribution in [1.82, 2.24) is 0 Å². The van der Waals surface area contributed by atoms with Gasteiger partial charge in [0.05, 0.1) is 5.75 Å². The predicted molar refractivity (Wildman–Crippen MR) is 28.0 cm³/mol. The van der Waals surface area contributed by atoms with Crippen molar-refractivity contribution in [2.75, 3.05) is 5.75 Å². The van der Waals surface area contributed by atoms with Gasteiger partial charge in [0.2, 0.25) is 0 Å². The van der Waals surface area contributed by atoms with Crippen LogP contribution in [0.25, 0.3) is 0 Å². The van der Waals surface area contributed by atoms with E-state index in [0.29, 0.717) is 0 Å². The van der Waals surface area contributed by atoms with Crippen LogP contribution < -0.4 is 0 Å². The predicted octanol–water partition coefficient (Wildman–Crippen LogP) is 3.51. The van der Waals surface area contributed by atoms with Gasteiger partial charge in [0.25, 0.3) is 10.2 Å². The molecule has 0 aliphatic rings. The first-order valence-electron chi connectivity index (χ1n) is 2.06. The molecule has 0 aromatic rings. The topological polar surface area (TPSA) is 0 Å². The second kappa shape index (κ2) is 1.36. The molecule has 6 heteroatoms. The van der Waals surface area contributed by atoms with Crippen molar-refractivity contribution in [3.05, 3.63) is 6.92 Å². The molecule has 0 saturated heterocycles. The van der Waals surface area contributed by atoms with Gasteiger partial charge in [-0.2, -0.15) is 0 Å². The van der Waals surface area contributed by atoms with E-state index in [2.05, 4.69) is 6.92 Å². The van der Waals surface area contributed by atoms with Crippen LogP contribution in [0.5, 0.6) is 0 Å². The van der Waals surface area contributed by atoms with Crippen molar-refractivity contribution in [3.8, 4) is 0 Å². The van der Waals surface area contributed by atoms with E-state index in [1.807, 2.05) is 0 Å². The van der Waals surface area contributed by atoms with E-state index in [-0.39, 0.29) is 0 Å². The normalized spacial score (nSPS) is 20.7. The molecule has 0 spiro atoms. The molecule has 0 aliphatic carbocycles. The summed E-state index contributed by atoms with van der Waals surface area (Å²) in [6.07, 6.45) is -0.807. The summed E-state index contributed by atoms with van der Waals surface area (Å²) in [5.74, 6) is -2.06. The van der Waals surface area contributed by atoms with E-state index in [4.69, 9.17) is 0 Å². The van der Waals surface area contributed by atoms with Crippen LogP contribution >= 0.6 is 10.2 Å². The third kappa shape index (κ3) is 8.00.